The van der Waals surface area contributed by atoms with Crippen molar-refractivity contribution in [3.63, 3.8) is 0 Å². The Labute approximate surface area is 59.8 Å². The van der Waals surface area contributed by atoms with E-state index in [2.05, 4.69) is 12.6 Å². The first kappa shape index (κ1) is 6.13. The zero-order valence-electron chi connectivity index (χ0n) is 3.46. The number of thiol groups is 1. The van der Waals surface area contributed by atoms with Crippen LogP contribution >= 0.6 is 24.4 Å². The topological polar surface area (TPSA) is 0 Å². The van der Waals surface area contributed by atoms with Crippen molar-refractivity contribution in [2.75, 3.05) is 5.08 Å². The average Bonchev–Trinajstić information content (AvgIpc) is 1.87. The molecule has 0 radical (unpaired) electrons. The zero-order valence-corrected chi connectivity index (χ0v) is 6.80. The molecule has 1 atom stereocenters. The normalized spacial score (nSPS) is 30.4. The summed E-state index contributed by atoms with van der Waals surface area (Å²) in [6.07, 6.45) is 0. The van der Waals surface area contributed by atoms with E-state index in [1.165, 1.54) is 0 Å². The summed E-state index contributed by atoms with van der Waals surface area (Å²) in [5.74, 6) is 0. The van der Waals surface area contributed by atoms with Gasteiger partial charge in [0, 0.05) is 4.24 Å². The molecular formula is C3H4S4. The maximum absolute atomic E-state index is 4.96. The van der Waals surface area contributed by atoms with Gasteiger partial charge in [0.25, 0.3) is 0 Å². The summed E-state index contributed by atoms with van der Waals surface area (Å²) in [5, 5.41) is 3.09. The molecule has 0 bridgehead atoms. The fraction of sp³-hybridized carbons (Fsp3) is 0.333. The van der Waals surface area contributed by atoms with Crippen molar-refractivity contribution in [3.05, 3.63) is 9.65 Å². The molecule has 0 aromatic carbocycles. The van der Waals surface area contributed by atoms with Crippen LogP contribution in [0.15, 0.2) is 9.65 Å². The van der Waals surface area contributed by atoms with Crippen molar-refractivity contribution < 1.29 is 0 Å². The molecule has 7 heavy (non-hydrogen) atoms. The molecular weight excluding hydrogens is 164 g/mol. The minimum atomic E-state index is 0.105. The van der Waals surface area contributed by atoms with Crippen LogP contribution in [0.1, 0.15) is 0 Å². The third-order valence-electron chi connectivity index (χ3n) is 0.555. The lowest BCUT2D eigenvalue weighted by molar-refractivity contribution is 2.31. The second-order valence-corrected chi connectivity index (χ2v) is 5.84. The predicted octanol–water partition coefficient (Wildman–Crippen LogP) is 1.50. The van der Waals surface area contributed by atoms with Crippen LogP contribution in [-0.2, 0) is 20.6 Å². The molecule has 1 heterocycles. The van der Waals surface area contributed by atoms with E-state index in [4.69, 9.17) is 11.2 Å². The van der Waals surface area contributed by atoms with Gasteiger partial charge < -0.3 is 0 Å². The molecule has 0 saturated heterocycles. The maximum atomic E-state index is 4.96. The fourth-order valence-electron chi connectivity index (χ4n) is 0.299. The van der Waals surface area contributed by atoms with Gasteiger partial charge in [0.05, 0.1) is 5.08 Å². The van der Waals surface area contributed by atoms with Crippen molar-refractivity contribution in [1.29, 1.82) is 0 Å². The van der Waals surface area contributed by atoms with Crippen LogP contribution in [0.3, 0.4) is 0 Å². The number of hydrogen-bond donors (Lipinski definition) is 1. The third-order valence-corrected chi connectivity index (χ3v) is 4.86. The van der Waals surface area contributed by atoms with Crippen LogP contribution in [0.5, 0.6) is 0 Å². The Kier molecular flexibility index (Phi) is 2.21. The van der Waals surface area contributed by atoms with Gasteiger partial charge in [-0.3, -0.25) is 0 Å². The van der Waals surface area contributed by atoms with E-state index in [9.17, 15) is 0 Å². The van der Waals surface area contributed by atoms with Crippen molar-refractivity contribution >= 4 is 45.0 Å². The molecule has 40 valence electrons. The lowest BCUT2D eigenvalue weighted by atomic mass is 11.2. The first-order valence-corrected chi connectivity index (χ1v) is 5.51. The Morgan fingerprint density at radius 2 is 2.71 bits per heavy atom. The summed E-state index contributed by atoms with van der Waals surface area (Å²) in [5.41, 5.74) is 0. The van der Waals surface area contributed by atoms with E-state index in [1.807, 2.05) is 5.41 Å². The van der Waals surface area contributed by atoms with E-state index >= 15 is 0 Å². The summed E-state index contributed by atoms with van der Waals surface area (Å²) < 4.78 is 1.10. The molecule has 0 aromatic heterocycles. The van der Waals surface area contributed by atoms with Gasteiger partial charge in [-0.25, -0.2) is 0 Å². The van der Waals surface area contributed by atoms with Crippen LogP contribution in [0.4, 0.5) is 0 Å². The second-order valence-electron chi connectivity index (χ2n) is 1.10. The minimum absolute atomic E-state index is 0.105. The van der Waals surface area contributed by atoms with Crippen LogP contribution < -0.4 is 0 Å². The molecule has 0 N–H and O–H groups in total. The van der Waals surface area contributed by atoms with Crippen LogP contribution in [0.2, 0.25) is 0 Å². The van der Waals surface area contributed by atoms with E-state index in [-0.39, 0.29) is 9.45 Å². The first-order valence-electron chi connectivity index (χ1n) is 1.70. The fourth-order valence-corrected chi connectivity index (χ4v) is 4.34. The van der Waals surface area contributed by atoms with Crippen molar-refractivity contribution in [2.45, 2.75) is 0 Å². The highest BCUT2D eigenvalue weighted by Gasteiger charge is 2.02. The van der Waals surface area contributed by atoms with Crippen molar-refractivity contribution in [3.8, 4) is 0 Å². The standard InChI is InChI=1S/C3H4S4/c4-3-1-7(5)2-6-3/h1,4H,2H2. The SMILES string of the molecule is S=S1C=C(S)SC1. The van der Waals surface area contributed by atoms with Crippen LogP contribution in [0, 0.1) is 0 Å². The summed E-state index contributed by atoms with van der Waals surface area (Å²) in [6.45, 7) is 0. The van der Waals surface area contributed by atoms with Gasteiger partial charge in [-0.1, -0.05) is 9.45 Å². The van der Waals surface area contributed by atoms with Crippen LogP contribution in [-0.4, -0.2) is 5.08 Å². The predicted molar refractivity (Wildman–Crippen MR) is 44.3 cm³/mol. The number of hydrogen-bond acceptors (Lipinski definition) is 3. The molecule has 0 nitrogen and oxygen atoms in total. The lowest BCUT2D eigenvalue weighted by Gasteiger charge is -1.79. The highest BCUT2D eigenvalue weighted by Crippen LogP contribution is 2.27. The summed E-state index contributed by atoms with van der Waals surface area (Å²) >= 11 is 10.8. The Morgan fingerprint density at radius 3 is 2.86 bits per heavy atom. The Balaban J connectivity index is 2.67. The number of rotatable bonds is 0. The highest BCUT2D eigenvalue weighted by molar-refractivity contribution is 8.39. The molecule has 0 amide bonds. The summed E-state index contributed by atoms with van der Waals surface area (Å²) in [6, 6.07) is 0. The molecule has 0 aromatic rings. The van der Waals surface area contributed by atoms with Gasteiger partial charge in [-0.05, 0) is 16.6 Å². The quantitative estimate of drug-likeness (QED) is 0.544. The third kappa shape index (κ3) is 1.76. The lowest BCUT2D eigenvalue weighted by Crippen LogP contribution is -1.73. The smallest absolute Gasteiger partial charge is 0.0530 e. The van der Waals surface area contributed by atoms with Gasteiger partial charge in [-0.2, -0.15) is 0 Å². The van der Waals surface area contributed by atoms with Gasteiger partial charge in [-0.15, -0.1) is 24.4 Å². The summed E-state index contributed by atoms with van der Waals surface area (Å²) in [4.78, 5) is 0. The van der Waals surface area contributed by atoms with E-state index < -0.39 is 0 Å². The molecule has 1 rings (SSSR count). The maximum Gasteiger partial charge on any atom is 0.0530 e. The largest absolute Gasteiger partial charge is 0.136 e. The molecule has 0 spiro atoms. The van der Waals surface area contributed by atoms with E-state index in [0.717, 1.165) is 9.32 Å². The number of thioether (sulfide) groups is 1. The average molecular weight is 168 g/mol. The molecule has 0 aliphatic carbocycles. The van der Waals surface area contributed by atoms with Crippen molar-refractivity contribution in [1.82, 2.24) is 0 Å². The van der Waals surface area contributed by atoms with E-state index in [0.29, 0.717) is 0 Å². The molecule has 0 saturated carbocycles. The van der Waals surface area contributed by atoms with Crippen LogP contribution in [0.25, 0.3) is 0 Å². The van der Waals surface area contributed by atoms with Gasteiger partial charge >= 0.3 is 0 Å². The van der Waals surface area contributed by atoms with Gasteiger partial charge in [0.15, 0.2) is 0 Å². The Morgan fingerprint density at radius 1 is 2.00 bits per heavy atom. The second kappa shape index (κ2) is 2.53. The van der Waals surface area contributed by atoms with Crippen molar-refractivity contribution in [2.24, 2.45) is 0 Å². The van der Waals surface area contributed by atoms with E-state index in [1.54, 1.807) is 11.8 Å². The molecule has 1 unspecified atom stereocenters. The monoisotopic (exact) mass is 168 g/mol. The molecule has 4 heteroatoms. The Bertz CT molecular complexity index is 125. The molecule has 1 aliphatic heterocycles. The van der Waals surface area contributed by atoms with Gasteiger partial charge in [0.2, 0.25) is 0 Å². The minimum Gasteiger partial charge on any atom is -0.136 e. The first-order chi connectivity index (χ1) is 3.29. The molecule has 1 aliphatic rings. The molecule has 0 fully saturated rings. The van der Waals surface area contributed by atoms with Gasteiger partial charge in [0.1, 0.15) is 0 Å². The highest BCUT2D eigenvalue weighted by atomic mass is 32.8. The summed E-state index contributed by atoms with van der Waals surface area (Å²) in [7, 11) is 0.105. The zero-order chi connectivity index (χ0) is 5.28. The Hall–Kier alpha value is 1.01.